The lowest BCUT2D eigenvalue weighted by Gasteiger charge is -2.07. The quantitative estimate of drug-likeness (QED) is 0.629. The minimum Gasteiger partial charge on any atom is -0.410 e. The molecule has 0 radical (unpaired) electrons. The molecule has 0 bridgehead atoms. The summed E-state index contributed by atoms with van der Waals surface area (Å²) in [7, 11) is 2.73. The SMILES string of the molecule is COB(OC)c1cccc(C#N)c1. The molecular formula is C9H10BNO2. The average Bonchev–Trinajstić information content (AvgIpc) is 2.20. The van der Waals surface area contributed by atoms with Crippen molar-refractivity contribution in [3.63, 3.8) is 0 Å². The van der Waals surface area contributed by atoms with Crippen LogP contribution in [0.25, 0.3) is 0 Å². The first kappa shape index (κ1) is 9.78. The van der Waals surface area contributed by atoms with Crippen LogP contribution in [0.2, 0.25) is 0 Å². The van der Waals surface area contributed by atoms with Gasteiger partial charge < -0.3 is 9.31 Å². The summed E-state index contributed by atoms with van der Waals surface area (Å²) in [6.45, 7) is 0. The van der Waals surface area contributed by atoms with E-state index < -0.39 is 7.12 Å². The summed E-state index contributed by atoms with van der Waals surface area (Å²) in [6.07, 6.45) is 0. The Bertz CT molecular complexity index is 318. The Morgan fingerprint density at radius 3 is 2.54 bits per heavy atom. The fourth-order valence-corrected chi connectivity index (χ4v) is 1.12. The molecule has 0 saturated heterocycles. The molecule has 0 unspecified atom stereocenters. The van der Waals surface area contributed by atoms with Gasteiger partial charge in [-0.15, -0.1) is 0 Å². The Kier molecular flexibility index (Phi) is 3.50. The second-order valence-electron chi connectivity index (χ2n) is 2.54. The molecule has 0 amide bonds. The molecule has 0 heterocycles. The third-order valence-corrected chi connectivity index (χ3v) is 1.72. The zero-order valence-corrected chi connectivity index (χ0v) is 7.65. The Morgan fingerprint density at radius 1 is 1.31 bits per heavy atom. The summed E-state index contributed by atoms with van der Waals surface area (Å²) in [6, 6.07) is 9.21. The van der Waals surface area contributed by atoms with E-state index >= 15 is 0 Å². The van der Waals surface area contributed by atoms with Gasteiger partial charge in [-0.1, -0.05) is 12.1 Å². The van der Waals surface area contributed by atoms with Crippen molar-refractivity contribution in [2.75, 3.05) is 14.2 Å². The van der Waals surface area contributed by atoms with Crippen molar-refractivity contribution in [3.8, 4) is 6.07 Å². The Labute approximate surface area is 78.0 Å². The first-order valence-corrected chi connectivity index (χ1v) is 3.87. The third-order valence-electron chi connectivity index (χ3n) is 1.72. The molecule has 0 aromatic heterocycles. The zero-order chi connectivity index (χ0) is 9.68. The van der Waals surface area contributed by atoms with Crippen LogP contribution in [0.4, 0.5) is 0 Å². The van der Waals surface area contributed by atoms with Crippen molar-refractivity contribution in [1.82, 2.24) is 0 Å². The van der Waals surface area contributed by atoms with Gasteiger partial charge in [0, 0.05) is 14.2 Å². The van der Waals surface area contributed by atoms with Crippen molar-refractivity contribution in [2.24, 2.45) is 0 Å². The van der Waals surface area contributed by atoms with Crippen LogP contribution in [0.1, 0.15) is 5.56 Å². The summed E-state index contributed by atoms with van der Waals surface area (Å²) >= 11 is 0. The largest absolute Gasteiger partial charge is 0.493 e. The third kappa shape index (κ3) is 2.31. The number of rotatable bonds is 3. The molecule has 1 aromatic carbocycles. The van der Waals surface area contributed by atoms with Crippen LogP contribution >= 0.6 is 0 Å². The van der Waals surface area contributed by atoms with Crippen molar-refractivity contribution < 1.29 is 9.31 Å². The molecule has 0 aliphatic carbocycles. The van der Waals surface area contributed by atoms with E-state index in [0.717, 1.165) is 5.46 Å². The van der Waals surface area contributed by atoms with Crippen LogP contribution in [0.5, 0.6) is 0 Å². The molecule has 0 aliphatic rings. The maximum absolute atomic E-state index is 8.66. The zero-order valence-electron chi connectivity index (χ0n) is 7.65. The molecule has 0 saturated carbocycles. The molecule has 1 rings (SSSR count). The van der Waals surface area contributed by atoms with Gasteiger partial charge in [0.1, 0.15) is 0 Å². The van der Waals surface area contributed by atoms with E-state index in [9.17, 15) is 0 Å². The van der Waals surface area contributed by atoms with Gasteiger partial charge in [-0.05, 0) is 17.6 Å². The molecular weight excluding hydrogens is 165 g/mol. The predicted molar refractivity (Wildman–Crippen MR) is 50.6 cm³/mol. The molecule has 3 nitrogen and oxygen atoms in total. The van der Waals surface area contributed by atoms with E-state index in [-0.39, 0.29) is 0 Å². The van der Waals surface area contributed by atoms with Crippen molar-refractivity contribution in [3.05, 3.63) is 29.8 Å². The summed E-state index contributed by atoms with van der Waals surface area (Å²) in [5, 5.41) is 8.66. The van der Waals surface area contributed by atoms with Crippen LogP contribution in [0.3, 0.4) is 0 Å². The van der Waals surface area contributed by atoms with Gasteiger partial charge in [-0.3, -0.25) is 0 Å². The van der Waals surface area contributed by atoms with E-state index in [0.29, 0.717) is 5.56 Å². The van der Waals surface area contributed by atoms with E-state index in [1.54, 1.807) is 32.4 Å². The van der Waals surface area contributed by atoms with E-state index in [2.05, 4.69) is 6.07 Å². The monoisotopic (exact) mass is 175 g/mol. The number of hydrogen-bond acceptors (Lipinski definition) is 3. The molecule has 66 valence electrons. The molecule has 1 aromatic rings. The standard InChI is InChI=1S/C9H10BNO2/c1-12-10(13-2)9-5-3-4-8(6-9)7-11/h3-6H,1-2H3. The minimum absolute atomic E-state index is 0.395. The van der Waals surface area contributed by atoms with Crippen molar-refractivity contribution in [2.45, 2.75) is 0 Å². The lowest BCUT2D eigenvalue weighted by molar-refractivity contribution is 0.292. The van der Waals surface area contributed by atoms with Crippen molar-refractivity contribution in [1.29, 1.82) is 5.26 Å². The summed E-state index contributed by atoms with van der Waals surface area (Å²) in [4.78, 5) is 0. The Hall–Kier alpha value is -1.31. The number of nitrogens with zero attached hydrogens (tertiary/aromatic N) is 1. The second kappa shape index (κ2) is 4.66. The Balaban J connectivity index is 2.94. The van der Waals surface area contributed by atoms with Gasteiger partial charge in [-0.2, -0.15) is 5.26 Å². The molecule has 0 fully saturated rings. The van der Waals surface area contributed by atoms with Crippen molar-refractivity contribution >= 4 is 12.6 Å². The topological polar surface area (TPSA) is 42.2 Å². The van der Waals surface area contributed by atoms with Gasteiger partial charge >= 0.3 is 7.12 Å². The highest BCUT2D eigenvalue weighted by Gasteiger charge is 2.17. The van der Waals surface area contributed by atoms with E-state index in [1.807, 2.05) is 6.07 Å². The molecule has 0 spiro atoms. The normalized spacial score (nSPS) is 9.31. The first-order valence-electron chi connectivity index (χ1n) is 3.87. The molecule has 4 heteroatoms. The number of benzene rings is 1. The summed E-state index contributed by atoms with van der Waals surface area (Å²) in [5.41, 5.74) is 1.46. The summed E-state index contributed by atoms with van der Waals surface area (Å²) < 4.78 is 10.1. The highest BCUT2D eigenvalue weighted by molar-refractivity contribution is 6.61. The maximum atomic E-state index is 8.66. The lowest BCUT2D eigenvalue weighted by Crippen LogP contribution is -2.34. The lowest BCUT2D eigenvalue weighted by atomic mass is 9.78. The van der Waals surface area contributed by atoms with Crippen LogP contribution < -0.4 is 5.46 Å². The van der Waals surface area contributed by atoms with E-state index in [4.69, 9.17) is 14.6 Å². The average molecular weight is 175 g/mol. The molecule has 13 heavy (non-hydrogen) atoms. The molecule has 0 N–H and O–H groups in total. The highest BCUT2D eigenvalue weighted by Crippen LogP contribution is 1.96. The van der Waals surface area contributed by atoms with E-state index in [1.165, 1.54) is 0 Å². The Morgan fingerprint density at radius 2 is 2.00 bits per heavy atom. The van der Waals surface area contributed by atoms with Gasteiger partial charge in [0.25, 0.3) is 0 Å². The van der Waals surface area contributed by atoms with Crippen LogP contribution in [-0.2, 0) is 9.31 Å². The van der Waals surface area contributed by atoms with Gasteiger partial charge in [0.05, 0.1) is 11.6 Å². The predicted octanol–water partition coefficient (Wildman–Crippen LogP) is 0.546. The minimum atomic E-state index is -0.395. The summed E-state index contributed by atoms with van der Waals surface area (Å²) in [5.74, 6) is 0. The van der Waals surface area contributed by atoms with Gasteiger partial charge in [-0.25, -0.2) is 0 Å². The fraction of sp³-hybridized carbons (Fsp3) is 0.222. The van der Waals surface area contributed by atoms with Crippen LogP contribution in [-0.4, -0.2) is 21.3 Å². The second-order valence-corrected chi connectivity index (χ2v) is 2.54. The number of nitriles is 1. The fourth-order valence-electron chi connectivity index (χ4n) is 1.12. The van der Waals surface area contributed by atoms with Crippen LogP contribution in [0, 0.1) is 11.3 Å². The molecule has 0 atom stereocenters. The molecule has 0 aliphatic heterocycles. The maximum Gasteiger partial charge on any atom is 0.493 e. The van der Waals surface area contributed by atoms with Gasteiger partial charge in [0.2, 0.25) is 0 Å². The number of hydrogen-bond donors (Lipinski definition) is 0. The van der Waals surface area contributed by atoms with Gasteiger partial charge in [0.15, 0.2) is 0 Å². The highest BCUT2D eigenvalue weighted by atomic mass is 16.6. The first-order chi connectivity index (χ1) is 6.31. The smallest absolute Gasteiger partial charge is 0.410 e. The van der Waals surface area contributed by atoms with Crippen LogP contribution in [0.15, 0.2) is 24.3 Å².